The van der Waals surface area contributed by atoms with E-state index in [2.05, 4.69) is 19.2 Å². The van der Waals surface area contributed by atoms with Gasteiger partial charge in [0.15, 0.2) is 0 Å². The van der Waals surface area contributed by atoms with Gasteiger partial charge in [-0.2, -0.15) is 0 Å². The highest BCUT2D eigenvalue weighted by Gasteiger charge is 2.60. The summed E-state index contributed by atoms with van der Waals surface area (Å²) in [5.41, 5.74) is -0.222. The lowest BCUT2D eigenvalue weighted by Gasteiger charge is -2.59. The molecule has 4 nitrogen and oxygen atoms in total. The molecule has 1 aliphatic heterocycles. The lowest BCUT2D eigenvalue weighted by atomic mass is 9.48. The van der Waals surface area contributed by atoms with Crippen molar-refractivity contribution in [2.24, 2.45) is 28.6 Å². The summed E-state index contributed by atoms with van der Waals surface area (Å²) in [5, 5.41) is 12.7. The number of amides is 1. The summed E-state index contributed by atoms with van der Waals surface area (Å²) in [4.78, 5) is 23.8. The molecule has 4 aliphatic rings. The van der Waals surface area contributed by atoms with Gasteiger partial charge in [0, 0.05) is 16.5 Å². The zero-order valence-corrected chi connectivity index (χ0v) is 15.2. The SMILES string of the molecule is C[C@@]12CCC[C@H]1[C@@H]1CCC3NC(=O)C(C(=O)O)=C(Cl)[C@]3(C)[C@@H]1CC2. The monoisotopic (exact) mass is 351 g/mol. The van der Waals surface area contributed by atoms with Gasteiger partial charge in [-0.3, -0.25) is 4.79 Å². The van der Waals surface area contributed by atoms with Gasteiger partial charge < -0.3 is 10.4 Å². The van der Waals surface area contributed by atoms with Gasteiger partial charge >= 0.3 is 5.97 Å². The second-order valence-corrected chi connectivity index (χ2v) is 9.22. The van der Waals surface area contributed by atoms with E-state index in [1.165, 1.54) is 25.7 Å². The number of carboxylic acids is 1. The first-order valence-corrected chi connectivity index (χ1v) is 9.61. The fourth-order valence-electron chi connectivity index (χ4n) is 6.67. The van der Waals surface area contributed by atoms with Crippen LogP contribution in [0.1, 0.15) is 58.8 Å². The van der Waals surface area contributed by atoms with Gasteiger partial charge in [-0.25, -0.2) is 4.79 Å². The Balaban J connectivity index is 1.78. The molecule has 0 aromatic rings. The Kier molecular flexibility index (Phi) is 3.58. The number of carbonyl (C=O) groups excluding carboxylic acids is 1. The second-order valence-electron chi connectivity index (χ2n) is 8.84. The smallest absolute Gasteiger partial charge is 0.342 e. The maximum Gasteiger partial charge on any atom is 0.342 e. The topological polar surface area (TPSA) is 66.4 Å². The number of carbonyl (C=O) groups is 2. The fourth-order valence-corrected chi connectivity index (χ4v) is 7.11. The lowest BCUT2D eigenvalue weighted by Crippen LogP contribution is -2.61. The molecule has 3 aliphatic carbocycles. The third kappa shape index (κ3) is 1.98. The number of aliphatic carboxylic acids is 1. The average molecular weight is 352 g/mol. The van der Waals surface area contributed by atoms with Crippen LogP contribution in [0.15, 0.2) is 10.6 Å². The van der Waals surface area contributed by atoms with E-state index in [1.807, 2.05) is 0 Å². The summed E-state index contributed by atoms with van der Waals surface area (Å²) >= 11 is 6.62. The van der Waals surface area contributed by atoms with Crippen LogP contribution in [0.2, 0.25) is 0 Å². The molecule has 0 aromatic heterocycles. The van der Waals surface area contributed by atoms with Gasteiger partial charge in [-0.05, 0) is 61.7 Å². The van der Waals surface area contributed by atoms with Crippen molar-refractivity contribution in [3.63, 3.8) is 0 Å². The highest BCUT2D eigenvalue weighted by molar-refractivity contribution is 6.37. The van der Waals surface area contributed by atoms with Crippen molar-refractivity contribution in [1.29, 1.82) is 0 Å². The summed E-state index contributed by atoms with van der Waals surface area (Å²) in [6.45, 7) is 4.54. The minimum Gasteiger partial charge on any atom is -0.477 e. The first kappa shape index (κ1) is 16.4. The van der Waals surface area contributed by atoms with Crippen LogP contribution in [0.25, 0.3) is 0 Å². The molecule has 24 heavy (non-hydrogen) atoms. The van der Waals surface area contributed by atoms with Crippen LogP contribution in [0.5, 0.6) is 0 Å². The van der Waals surface area contributed by atoms with Gasteiger partial charge in [0.25, 0.3) is 5.91 Å². The van der Waals surface area contributed by atoms with Crippen molar-refractivity contribution < 1.29 is 14.7 Å². The number of hydrogen-bond donors (Lipinski definition) is 2. The Morgan fingerprint density at radius 1 is 1.17 bits per heavy atom. The molecule has 4 rings (SSSR count). The van der Waals surface area contributed by atoms with Crippen molar-refractivity contribution >= 4 is 23.5 Å². The van der Waals surface area contributed by atoms with Crippen LogP contribution in [0.4, 0.5) is 0 Å². The normalized spacial score (nSPS) is 47.5. The lowest BCUT2D eigenvalue weighted by molar-refractivity contribution is -0.137. The van der Waals surface area contributed by atoms with Gasteiger partial charge in [0.05, 0.1) is 0 Å². The molecule has 0 saturated heterocycles. The highest BCUT2D eigenvalue weighted by Crippen LogP contribution is 2.65. The molecule has 1 amide bonds. The zero-order chi connectivity index (χ0) is 17.3. The van der Waals surface area contributed by atoms with Crippen LogP contribution >= 0.6 is 11.6 Å². The molecule has 6 atom stereocenters. The van der Waals surface area contributed by atoms with E-state index in [4.69, 9.17) is 11.6 Å². The molecule has 0 spiro atoms. The average Bonchev–Trinajstić information content (AvgIpc) is 2.90. The van der Waals surface area contributed by atoms with Gasteiger partial charge in [0.1, 0.15) is 5.57 Å². The Morgan fingerprint density at radius 3 is 2.62 bits per heavy atom. The largest absolute Gasteiger partial charge is 0.477 e. The van der Waals surface area contributed by atoms with Gasteiger partial charge in [-0.15, -0.1) is 0 Å². The third-order valence-electron chi connectivity index (χ3n) is 7.94. The first-order valence-electron chi connectivity index (χ1n) is 9.23. The molecule has 132 valence electrons. The van der Waals surface area contributed by atoms with E-state index in [9.17, 15) is 14.7 Å². The van der Waals surface area contributed by atoms with Crippen molar-refractivity contribution in [2.45, 2.75) is 64.8 Å². The Hall–Kier alpha value is -1.03. The van der Waals surface area contributed by atoms with Crippen LogP contribution in [0, 0.1) is 28.6 Å². The summed E-state index contributed by atoms with van der Waals surface area (Å²) < 4.78 is 0. The predicted octanol–water partition coefficient (Wildman–Crippen LogP) is 3.70. The predicted molar refractivity (Wildman–Crippen MR) is 91.4 cm³/mol. The molecular formula is C19H26ClNO3. The van der Waals surface area contributed by atoms with Crippen LogP contribution in [-0.2, 0) is 9.59 Å². The third-order valence-corrected chi connectivity index (χ3v) is 8.54. The van der Waals surface area contributed by atoms with Crippen molar-refractivity contribution in [2.75, 3.05) is 0 Å². The van der Waals surface area contributed by atoms with E-state index in [0.717, 1.165) is 25.2 Å². The standard InChI is InChI=1S/C19H26ClNO3/c1-18-8-3-4-11(18)10-5-6-13-19(2,12(10)7-9-18)15(20)14(17(23)24)16(22)21-13/h10-13H,3-9H2,1-2H3,(H,21,22)(H,23,24)/t10-,11-,12+,13?,18-,19+/m0/s1. The molecule has 2 N–H and O–H groups in total. The summed E-state index contributed by atoms with van der Waals surface area (Å²) in [7, 11) is 0. The van der Waals surface area contributed by atoms with Crippen LogP contribution in [-0.4, -0.2) is 23.0 Å². The number of hydrogen-bond acceptors (Lipinski definition) is 2. The molecule has 0 radical (unpaired) electrons. The maximum absolute atomic E-state index is 12.2. The first-order chi connectivity index (χ1) is 11.3. The fraction of sp³-hybridized carbons (Fsp3) is 0.789. The molecular weight excluding hydrogens is 326 g/mol. The van der Waals surface area contributed by atoms with E-state index in [1.54, 1.807) is 0 Å². The van der Waals surface area contributed by atoms with Crippen LogP contribution < -0.4 is 5.32 Å². The Bertz CT molecular complexity index is 645. The minimum atomic E-state index is -1.21. The van der Waals surface area contributed by atoms with Crippen LogP contribution in [0.3, 0.4) is 0 Å². The van der Waals surface area contributed by atoms with Crippen molar-refractivity contribution in [3.8, 4) is 0 Å². The number of rotatable bonds is 1. The van der Waals surface area contributed by atoms with Crippen molar-refractivity contribution in [3.05, 3.63) is 10.6 Å². The van der Waals surface area contributed by atoms with Gasteiger partial charge in [-0.1, -0.05) is 31.9 Å². The second kappa shape index (κ2) is 5.23. The van der Waals surface area contributed by atoms with E-state index < -0.39 is 17.3 Å². The Labute approximate surface area is 148 Å². The highest BCUT2D eigenvalue weighted by atomic mass is 35.5. The maximum atomic E-state index is 12.2. The number of fused-ring (bicyclic) bond motifs is 5. The number of nitrogens with one attached hydrogen (secondary N) is 1. The molecule has 1 heterocycles. The van der Waals surface area contributed by atoms with E-state index in [-0.39, 0.29) is 11.6 Å². The zero-order valence-electron chi connectivity index (χ0n) is 14.4. The molecule has 0 aromatic carbocycles. The molecule has 1 unspecified atom stereocenters. The minimum absolute atomic E-state index is 0.0346. The van der Waals surface area contributed by atoms with E-state index >= 15 is 0 Å². The quantitative estimate of drug-likeness (QED) is 0.708. The molecule has 5 heteroatoms. The van der Waals surface area contributed by atoms with Crippen molar-refractivity contribution in [1.82, 2.24) is 5.32 Å². The molecule has 3 saturated carbocycles. The van der Waals surface area contributed by atoms with E-state index in [0.29, 0.717) is 22.3 Å². The number of halogens is 1. The Morgan fingerprint density at radius 2 is 1.92 bits per heavy atom. The summed E-state index contributed by atoms with van der Waals surface area (Å²) in [6, 6.07) is -0.0346. The molecule has 0 bridgehead atoms. The summed E-state index contributed by atoms with van der Waals surface area (Å²) in [6.07, 6.45) is 8.23. The molecule has 3 fully saturated rings. The number of carboxylic acid groups (broad SMARTS) is 1. The summed E-state index contributed by atoms with van der Waals surface area (Å²) in [5.74, 6) is -0.0266. The van der Waals surface area contributed by atoms with Gasteiger partial charge in [0.2, 0.25) is 0 Å².